The lowest BCUT2D eigenvalue weighted by Gasteiger charge is -2.30. The molecule has 0 aromatic heterocycles. The molecule has 2 heteroatoms. The summed E-state index contributed by atoms with van der Waals surface area (Å²) in [6.45, 7) is 12.8. The second-order valence-electron chi connectivity index (χ2n) is 7.58. The fraction of sp³-hybridized carbons (Fsp3) is 0.941. The summed E-state index contributed by atoms with van der Waals surface area (Å²) >= 11 is 0. The maximum atomic E-state index is 12.1. The highest BCUT2D eigenvalue weighted by molar-refractivity contribution is 5.83. The van der Waals surface area contributed by atoms with Gasteiger partial charge in [0.15, 0.2) is 0 Å². The Bertz CT molecular complexity index is 271. The SMILES string of the molecule is CC(C)CCN(CCC(=O)C(C)(C)C)C1CCCC1. The zero-order chi connectivity index (χ0) is 14.5. The van der Waals surface area contributed by atoms with Crippen LogP contribution >= 0.6 is 0 Å². The largest absolute Gasteiger partial charge is 0.300 e. The van der Waals surface area contributed by atoms with Gasteiger partial charge in [-0.15, -0.1) is 0 Å². The first-order valence-corrected chi connectivity index (χ1v) is 8.08. The van der Waals surface area contributed by atoms with E-state index < -0.39 is 0 Å². The number of nitrogens with zero attached hydrogens (tertiary/aromatic N) is 1. The Labute approximate surface area is 119 Å². The summed E-state index contributed by atoms with van der Waals surface area (Å²) in [7, 11) is 0. The van der Waals surface area contributed by atoms with Gasteiger partial charge in [0.1, 0.15) is 5.78 Å². The third-order valence-electron chi connectivity index (χ3n) is 4.30. The van der Waals surface area contributed by atoms with Crippen molar-refractivity contribution in [3.05, 3.63) is 0 Å². The fourth-order valence-electron chi connectivity index (χ4n) is 2.79. The van der Waals surface area contributed by atoms with Crippen LogP contribution in [0.1, 0.15) is 73.1 Å². The van der Waals surface area contributed by atoms with Gasteiger partial charge in [-0.2, -0.15) is 0 Å². The molecule has 19 heavy (non-hydrogen) atoms. The number of carbonyl (C=O) groups is 1. The van der Waals surface area contributed by atoms with E-state index in [9.17, 15) is 4.79 Å². The molecule has 1 saturated carbocycles. The maximum absolute atomic E-state index is 12.1. The highest BCUT2D eigenvalue weighted by Crippen LogP contribution is 2.25. The molecule has 2 nitrogen and oxygen atoms in total. The molecule has 1 aliphatic carbocycles. The van der Waals surface area contributed by atoms with Gasteiger partial charge in [0.2, 0.25) is 0 Å². The molecule has 1 rings (SSSR count). The molecule has 0 bridgehead atoms. The van der Waals surface area contributed by atoms with Crippen LogP contribution in [0.15, 0.2) is 0 Å². The lowest BCUT2D eigenvalue weighted by Crippen LogP contribution is -2.37. The zero-order valence-corrected chi connectivity index (χ0v) is 13.7. The van der Waals surface area contributed by atoms with E-state index in [1.165, 1.54) is 38.6 Å². The van der Waals surface area contributed by atoms with E-state index in [0.717, 1.165) is 24.9 Å². The third kappa shape index (κ3) is 6.07. The first-order valence-electron chi connectivity index (χ1n) is 8.08. The summed E-state index contributed by atoms with van der Waals surface area (Å²) in [5.41, 5.74) is -0.181. The van der Waals surface area contributed by atoms with Crippen molar-refractivity contribution in [2.75, 3.05) is 13.1 Å². The van der Waals surface area contributed by atoms with Crippen LogP contribution in [-0.2, 0) is 4.79 Å². The van der Waals surface area contributed by atoms with E-state index in [0.29, 0.717) is 5.78 Å². The molecule has 0 aliphatic heterocycles. The molecular formula is C17H33NO. The van der Waals surface area contributed by atoms with Crippen molar-refractivity contribution in [3.63, 3.8) is 0 Å². The molecule has 0 saturated heterocycles. The van der Waals surface area contributed by atoms with Crippen molar-refractivity contribution in [2.45, 2.75) is 79.2 Å². The van der Waals surface area contributed by atoms with E-state index in [4.69, 9.17) is 0 Å². The second kappa shape index (κ2) is 7.42. The lowest BCUT2D eigenvalue weighted by molar-refractivity contribution is -0.126. The first kappa shape index (κ1) is 16.7. The van der Waals surface area contributed by atoms with Crippen LogP contribution in [0, 0.1) is 11.3 Å². The first-order chi connectivity index (χ1) is 8.80. The van der Waals surface area contributed by atoms with E-state index in [-0.39, 0.29) is 5.41 Å². The minimum absolute atomic E-state index is 0.181. The molecule has 0 heterocycles. The summed E-state index contributed by atoms with van der Waals surface area (Å²) in [6.07, 6.45) is 7.38. The molecule has 1 aliphatic rings. The van der Waals surface area contributed by atoms with E-state index in [2.05, 4.69) is 18.7 Å². The van der Waals surface area contributed by atoms with Gasteiger partial charge in [-0.3, -0.25) is 9.69 Å². The van der Waals surface area contributed by atoms with Gasteiger partial charge in [-0.25, -0.2) is 0 Å². The van der Waals surface area contributed by atoms with Crippen LogP contribution in [0.4, 0.5) is 0 Å². The molecule has 0 atom stereocenters. The molecule has 0 aromatic carbocycles. The van der Waals surface area contributed by atoms with Crippen LogP contribution < -0.4 is 0 Å². The van der Waals surface area contributed by atoms with Crippen LogP contribution in [0.2, 0.25) is 0 Å². The molecule has 0 radical (unpaired) electrons. The van der Waals surface area contributed by atoms with Crippen molar-refractivity contribution in [1.82, 2.24) is 4.90 Å². The van der Waals surface area contributed by atoms with Gasteiger partial charge in [-0.1, -0.05) is 47.5 Å². The van der Waals surface area contributed by atoms with Gasteiger partial charge < -0.3 is 0 Å². The molecule has 0 amide bonds. The van der Waals surface area contributed by atoms with Gasteiger partial charge in [0, 0.05) is 24.4 Å². The average molecular weight is 267 g/mol. The van der Waals surface area contributed by atoms with Crippen LogP contribution in [-0.4, -0.2) is 29.8 Å². The lowest BCUT2D eigenvalue weighted by atomic mass is 9.89. The predicted octanol–water partition coefficient (Wildman–Crippen LogP) is 4.28. The smallest absolute Gasteiger partial charge is 0.139 e. The molecule has 0 spiro atoms. The number of hydrogen-bond donors (Lipinski definition) is 0. The molecular weight excluding hydrogens is 234 g/mol. The predicted molar refractivity (Wildman–Crippen MR) is 82.4 cm³/mol. The van der Waals surface area contributed by atoms with Crippen molar-refractivity contribution >= 4 is 5.78 Å². The van der Waals surface area contributed by atoms with E-state index in [1.54, 1.807) is 0 Å². The minimum Gasteiger partial charge on any atom is -0.300 e. The molecule has 0 unspecified atom stereocenters. The van der Waals surface area contributed by atoms with Gasteiger partial charge >= 0.3 is 0 Å². The highest BCUT2D eigenvalue weighted by Gasteiger charge is 2.25. The summed E-state index contributed by atoms with van der Waals surface area (Å²) in [4.78, 5) is 14.7. The Morgan fingerprint density at radius 2 is 1.74 bits per heavy atom. The van der Waals surface area contributed by atoms with E-state index in [1.807, 2.05) is 20.8 Å². The minimum atomic E-state index is -0.181. The Hall–Kier alpha value is -0.370. The summed E-state index contributed by atoms with van der Waals surface area (Å²) in [6, 6.07) is 0.742. The van der Waals surface area contributed by atoms with Crippen molar-refractivity contribution in [3.8, 4) is 0 Å². The van der Waals surface area contributed by atoms with E-state index >= 15 is 0 Å². The molecule has 0 aromatic rings. The molecule has 112 valence electrons. The fourth-order valence-corrected chi connectivity index (χ4v) is 2.79. The van der Waals surface area contributed by atoms with Crippen LogP contribution in [0.5, 0.6) is 0 Å². The van der Waals surface area contributed by atoms with Gasteiger partial charge in [-0.05, 0) is 31.7 Å². The Morgan fingerprint density at radius 1 is 1.16 bits per heavy atom. The third-order valence-corrected chi connectivity index (χ3v) is 4.30. The summed E-state index contributed by atoms with van der Waals surface area (Å²) in [5.74, 6) is 1.15. The zero-order valence-electron chi connectivity index (χ0n) is 13.7. The van der Waals surface area contributed by atoms with Crippen LogP contribution in [0.3, 0.4) is 0 Å². The Kier molecular flexibility index (Phi) is 6.52. The molecule has 0 N–H and O–H groups in total. The Morgan fingerprint density at radius 3 is 2.21 bits per heavy atom. The number of Topliss-reactive ketones (excluding diaryl/α,β-unsaturated/α-hetero) is 1. The Balaban J connectivity index is 2.46. The van der Waals surface area contributed by atoms with Crippen molar-refractivity contribution in [2.24, 2.45) is 11.3 Å². The van der Waals surface area contributed by atoms with Gasteiger partial charge in [0.25, 0.3) is 0 Å². The monoisotopic (exact) mass is 267 g/mol. The second-order valence-corrected chi connectivity index (χ2v) is 7.58. The quantitative estimate of drug-likeness (QED) is 0.686. The summed E-state index contributed by atoms with van der Waals surface area (Å²) in [5, 5.41) is 0. The summed E-state index contributed by atoms with van der Waals surface area (Å²) < 4.78 is 0. The highest BCUT2D eigenvalue weighted by atomic mass is 16.1. The van der Waals surface area contributed by atoms with Crippen LogP contribution in [0.25, 0.3) is 0 Å². The normalized spacial score (nSPS) is 17.6. The molecule has 1 fully saturated rings. The average Bonchev–Trinajstić information content (AvgIpc) is 2.80. The van der Waals surface area contributed by atoms with Gasteiger partial charge in [0.05, 0.1) is 0 Å². The maximum Gasteiger partial charge on any atom is 0.139 e. The number of hydrogen-bond acceptors (Lipinski definition) is 2. The van der Waals surface area contributed by atoms with Crippen molar-refractivity contribution < 1.29 is 4.79 Å². The number of rotatable bonds is 7. The number of carbonyl (C=O) groups excluding carboxylic acids is 1. The standard InChI is InChI=1S/C17H33NO/c1-14(2)10-12-18(15-8-6-7-9-15)13-11-16(19)17(3,4)5/h14-15H,6-13H2,1-5H3. The topological polar surface area (TPSA) is 20.3 Å². The number of ketones is 1. The van der Waals surface area contributed by atoms with Crippen molar-refractivity contribution in [1.29, 1.82) is 0 Å².